The Balaban J connectivity index is 1.03. The predicted octanol–water partition coefficient (Wildman–Crippen LogP) is 9.35. The lowest BCUT2D eigenvalue weighted by Gasteiger charge is -2.18. The number of aliphatic hydroxyl groups is 2. The maximum atomic E-state index is 12.9. The summed E-state index contributed by atoms with van der Waals surface area (Å²) in [5.41, 5.74) is 4.30. The summed E-state index contributed by atoms with van der Waals surface area (Å²) in [7, 11) is 0. The highest BCUT2D eigenvalue weighted by atomic mass is 16.3. The van der Waals surface area contributed by atoms with Crippen molar-refractivity contribution in [2.45, 2.75) is 77.0 Å². The Hall–Kier alpha value is -4.84. The van der Waals surface area contributed by atoms with Crippen LogP contribution in [0.4, 0.5) is 0 Å². The van der Waals surface area contributed by atoms with E-state index < -0.39 is 0 Å². The molecule has 0 bridgehead atoms. The zero-order chi connectivity index (χ0) is 33.3. The summed E-state index contributed by atoms with van der Waals surface area (Å²) in [5.74, 6) is 0.197. The van der Waals surface area contributed by atoms with E-state index in [2.05, 4.69) is 24.3 Å². The molecule has 246 valence electrons. The lowest BCUT2D eigenvalue weighted by Crippen LogP contribution is -2.22. The number of aliphatic hydroxyl groups excluding tert-OH is 2. The van der Waals surface area contributed by atoms with Crippen molar-refractivity contribution in [1.29, 1.82) is 0 Å². The minimum Gasteiger partial charge on any atom is -0.511 e. The van der Waals surface area contributed by atoms with Crippen molar-refractivity contribution in [3.8, 4) is 0 Å². The third-order valence-electron chi connectivity index (χ3n) is 9.49. The van der Waals surface area contributed by atoms with Crippen LogP contribution in [-0.4, -0.2) is 46.3 Å². The Morgan fingerprint density at radius 3 is 1.40 bits per heavy atom. The van der Waals surface area contributed by atoms with Crippen LogP contribution in [0, 0.1) is 0 Å². The Labute approximate surface area is 282 Å². The van der Waals surface area contributed by atoms with Crippen LogP contribution in [0.5, 0.6) is 0 Å². The number of benzene rings is 4. The normalized spacial score (nSPS) is 19.4. The molecule has 0 aliphatic heterocycles. The number of hydrogen-bond donors (Lipinski definition) is 2. The van der Waals surface area contributed by atoms with Gasteiger partial charge in [-0.05, 0) is 71.2 Å². The van der Waals surface area contributed by atoms with E-state index in [1.54, 1.807) is 0 Å². The minimum absolute atomic E-state index is 0.0189. The molecule has 2 saturated carbocycles. The van der Waals surface area contributed by atoms with Gasteiger partial charge in [-0.1, -0.05) is 97.8 Å². The third-order valence-corrected chi connectivity index (χ3v) is 9.49. The van der Waals surface area contributed by atoms with Crippen LogP contribution in [0.25, 0.3) is 21.5 Å². The van der Waals surface area contributed by atoms with Crippen molar-refractivity contribution in [2.75, 3.05) is 13.1 Å². The van der Waals surface area contributed by atoms with E-state index in [0.29, 0.717) is 62.8 Å². The summed E-state index contributed by atoms with van der Waals surface area (Å²) < 4.78 is 0. The predicted molar refractivity (Wildman–Crippen MR) is 195 cm³/mol. The van der Waals surface area contributed by atoms with Crippen molar-refractivity contribution in [3.63, 3.8) is 0 Å². The zero-order valence-corrected chi connectivity index (χ0v) is 27.6. The summed E-state index contributed by atoms with van der Waals surface area (Å²) in [6, 6.07) is 28.3. The van der Waals surface area contributed by atoms with E-state index >= 15 is 0 Å². The Bertz CT molecular complexity index is 1800. The van der Waals surface area contributed by atoms with E-state index in [1.165, 1.54) is 0 Å². The summed E-state index contributed by atoms with van der Waals surface area (Å²) >= 11 is 0. The first-order valence-electron chi connectivity index (χ1n) is 17.4. The Morgan fingerprint density at radius 2 is 0.938 bits per heavy atom. The summed E-state index contributed by atoms with van der Waals surface area (Å²) in [4.78, 5) is 35.4. The molecule has 0 radical (unpaired) electrons. The summed E-state index contributed by atoms with van der Waals surface area (Å²) in [6.45, 7) is 1.23. The smallest absolute Gasteiger partial charge is 0.168 e. The molecule has 0 saturated heterocycles. The van der Waals surface area contributed by atoms with Gasteiger partial charge in [0.25, 0.3) is 0 Å². The highest BCUT2D eigenvalue weighted by Gasteiger charge is 2.27. The van der Waals surface area contributed by atoms with Crippen molar-refractivity contribution >= 4 is 44.5 Å². The fraction of sp³-hybridized carbons (Fsp3) is 0.333. The molecule has 0 spiro atoms. The molecular weight excluding hydrogens is 596 g/mol. The SMILES string of the molecule is O=C1CCCC(=NCCCCCCN=C2CCCC(=O)/C2=C(/O)Cc2cccc3ccccc23)/C1=C(/O)Cc1cccc2ccccc12. The summed E-state index contributed by atoms with van der Waals surface area (Å²) in [5, 5.41) is 26.7. The molecule has 0 unspecified atom stereocenters. The molecular formula is C42H44N2O4. The van der Waals surface area contributed by atoms with Gasteiger partial charge in [0.2, 0.25) is 0 Å². The molecule has 2 N–H and O–H groups in total. The lowest BCUT2D eigenvalue weighted by atomic mass is 9.88. The summed E-state index contributed by atoms with van der Waals surface area (Å²) in [6.07, 6.45) is 8.19. The van der Waals surface area contributed by atoms with Gasteiger partial charge in [0.1, 0.15) is 11.5 Å². The number of carbonyl (C=O) groups excluding carboxylic acids is 2. The van der Waals surface area contributed by atoms with Gasteiger partial charge in [-0.3, -0.25) is 19.6 Å². The number of rotatable bonds is 11. The number of nitrogens with zero attached hydrogens (tertiary/aromatic N) is 2. The molecule has 2 aliphatic carbocycles. The van der Waals surface area contributed by atoms with Gasteiger partial charge in [-0.2, -0.15) is 0 Å². The molecule has 48 heavy (non-hydrogen) atoms. The highest BCUT2D eigenvalue weighted by Crippen LogP contribution is 2.27. The van der Waals surface area contributed by atoms with Crippen LogP contribution in [0.3, 0.4) is 0 Å². The molecule has 0 atom stereocenters. The van der Waals surface area contributed by atoms with E-state index in [-0.39, 0.29) is 23.1 Å². The number of carbonyl (C=O) groups is 2. The number of hydrogen-bond acceptors (Lipinski definition) is 6. The zero-order valence-electron chi connectivity index (χ0n) is 27.6. The van der Waals surface area contributed by atoms with Gasteiger partial charge < -0.3 is 10.2 Å². The van der Waals surface area contributed by atoms with E-state index in [4.69, 9.17) is 9.98 Å². The van der Waals surface area contributed by atoms with Gasteiger partial charge in [-0.15, -0.1) is 0 Å². The van der Waals surface area contributed by atoms with E-state index in [1.807, 2.05) is 60.7 Å². The second kappa shape index (κ2) is 15.8. The molecule has 4 aromatic rings. The number of fused-ring (bicyclic) bond motifs is 2. The molecule has 0 amide bonds. The first-order chi connectivity index (χ1) is 23.5. The molecule has 2 fully saturated rings. The van der Waals surface area contributed by atoms with Crippen LogP contribution < -0.4 is 0 Å². The Morgan fingerprint density at radius 1 is 0.521 bits per heavy atom. The topological polar surface area (TPSA) is 99.3 Å². The maximum Gasteiger partial charge on any atom is 0.168 e. The fourth-order valence-corrected chi connectivity index (χ4v) is 7.06. The lowest BCUT2D eigenvalue weighted by molar-refractivity contribution is -0.116. The number of allylic oxidation sites excluding steroid dienone is 4. The number of ketones is 2. The van der Waals surface area contributed by atoms with Crippen molar-refractivity contribution in [2.24, 2.45) is 9.98 Å². The molecule has 4 aromatic carbocycles. The first-order valence-corrected chi connectivity index (χ1v) is 17.4. The number of unbranched alkanes of at least 4 members (excludes halogenated alkanes) is 3. The third kappa shape index (κ3) is 7.82. The van der Waals surface area contributed by atoms with Crippen molar-refractivity contribution in [3.05, 3.63) is 119 Å². The molecule has 6 nitrogen and oxygen atoms in total. The van der Waals surface area contributed by atoms with Crippen LogP contribution >= 0.6 is 0 Å². The highest BCUT2D eigenvalue weighted by molar-refractivity contribution is 6.25. The fourth-order valence-electron chi connectivity index (χ4n) is 7.06. The molecule has 2 aliphatic rings. The van der Waals surface area contributed by atoms with Gasteiger partial charge in [-0.25, -0.2) is 0 Å². The maximum absolute atomic E-state index is 12.9. The van der Waals surface area contributed by atoms with Crippen LogP contribution in [0.1, 0.15) is 75.3 Å². The molecule has 0 aromatic heterocycles. The van der Waals surface area contributed by atoms with Crippen LogP contribution in [0.2, 0.25) is 0 Å². The average Bonchev–Trinajstić information content (AvgIpc) is 3.09. The van der Waals surface area contributed by atoms with Crippen LogP contribution in [-0.2, 0) is 22.4 Å². The average molecular weight is 641 g/mol. The Kier molecular flexibility index (Phi) is 10.9. The monoisotopic (exact) mass is 640 g/mol. The minimum atomic E-state index is -0.0189. The number of aliphatic imine (C=N–C) groups is 2. The first kappa shape index (κ1) is 33.1. The van der Waals surface area contributed by atoms with E-state index in [0.717, 1.165) is 82.6 Å². The van der Waals surface area contributed by atoms with Crippen LogP contribution in [0.15, 0.2) is 118 Å². The van der Waals surface area contributed by atoms with Gasteiger partial charge in [0.15, 0.2) is 11.6 Å². The van der Waals surface area contributed by atoms with Crippen molar-refractivity contribution in [1.82, 2.24) is 0 Å². The number of Topliss-reactive ketones (excluding diaryl/α,β-unsaturated/α-hetero) is 2. The molecule has 0 heterocycles. The molecule has 6 heteroatoms. The molecule has 6 rings (SSSR count). The van der Waals surface area contributed by atoms with E-state index in [9.17, 15) is 19.8 Å². The standard InChI is InChI=1S/C42H44N2O4/c45-37-23-11-21-35(41(37)39(47)27-31-17-9-15-29-13-3-5-19-33(29)31)43-25-7-1-2-8-26-44-36-22-12-24-38(46)42(36)40(48)28-32-18-10-16-30-14-4-6-20-34(30)32/h3-6,9-10,13-20,47-48H,1-2,7-8,11-12,21-28H2/b41-39-,42-40+,43-35?,44-36?. The quantitative estimate of drug-likeness (QED) is 0.0969. The second-order valence-corrected chi connectivity index (χ2v) is 12.9. The second-order valence-electron chi connectivity index (χ2n) is 12.9. The van der Waals surface area contributed by atoms with Gasteiger partial charge in [0, 0.05) is 50.2 Å². The van der Waals surface area contributed by atoms with Crippen molar-refractivity contribution < 1.29 is 19.8 Å². The van der Waals surface area contributed by atoms with Gasteiger partial charge in [0.05, 0.1) is 11.1 Å². The van der Waals surface area contributed by atoms with Gasteiger partial charge >= 0.3 is 0 Å². The largest absolute Gasteiger partial charge is 0.511 e.